The maximum Gasteiger partial charge on any atom is 0.165 e. The largest absolute Gasteiger partial charge is 0.489 e. The minimum absolute atomic E-state index is 0. The first-order valence-electron chi connectivity index (χ1n) is 6.63. The van der Waals surface area contributed by atoms with Crippen molar-refractivity contribution in [2.24, 2.45) is 11.8 Å². The summed E-state index contributed by atoms with van der Waals surface area (Å²) in [6, 6.07) is 6.58. The van der Waals surface area contributed by atoms with Crippen LogP contribution in [0.4, 0.5) is 4.39 Å². The van der Waals surface area contributed by atoms with E-state index in [1.165, 1.54) is 6.07 Å². The highest BCUT2D eigenvalue weighted by Crippen LogP contribution is 2.25. The van der Waals surface area contributed by atoms with Gasteiger partial charge in [-0.05, 0) is 37.1 Å². The highest BCUT2D eigenvalue weighted by atomic mass is 35.5. The number of ether oxygens (including phenoxy) is 1. The lowest BCUT2D eigenvalue weighted by atomic mass is 10.0. The second-order valence-corrected chi connectivity index (χ2v) is 5.22. The van der Waals surface area contributed by atoms with Crippen LogP contribution in [0.5, 0.6) is 5.75 Å². The first kappa shape index (κ1) is 14.6. The molecule has 0 aromatic heterocycles. The van der Waals surface area contributed by atoms with Gasteiger partial charge in [0.15, 0.2) is 11.6 Å². The molecule has 0 aliphatic carbocycles. The van der Waals surface area contributed by atoms with Gasteiger partial charge < -0.3 is 10.1 Å². The molecule has 1 aromatic rings. The highest BCUT2D eigenvalue weighted by molar-refractivity contribution is 5.85. The highest BCUT2D eigenvalue weighted by Gasteiger charge is 2.35. The van der Waals surface area contributed by atoms with E-state index in [-0.39, 0.29) is 18.2 Å². The molecule has 2 saturated heterocycles. The summed E-state index contributed by atoms with van der Waals surface area (Å²) in [5.41, 5.74) is 0. The molecule has 19 heavy (non-hydrogen) atoms. The Morgan fingerprint density at radius 2 is 1.89 bits per heavy atom. The van der Waals surface area contributed by atoms with Gasteiger partial charge in [0, 0.05) is 19.6 Å². The van der Waals surface area contributed by atoms with E-state index in [0.29, 0.717) is 12.4 Å². The lowest BCUT2D eigenvalue weighted by Crippen LogP contribution is -2.29. The molecule has 2 aliphatic heterocycles. The number of halogens is 2. The number of likely N-dealkylation sites (tertiary alicyclic amines) is 1. The van der Waals surface area contributed by atoms with Gasteiger partial charge in [-0.3, -0.25) is 4.90 Å². The van der Waals surface area contributed by atoms with Gasteiger partial charge in [0.1, 0.15) is 6.61 Å². The third-order valence-electron chi connectivity index (χ3n) is 3.97. The van der Waals surface area contributed by atoms with Crippen LogP contribution >= 0.6 is 12.4 Å². The van der Waals surface area contributed by atoms with Crippen molar-refractivity contribution >= 4 is 12.4 Å². The first-order chi connectivity index (χ1) is 8.83. The van der Waals surface area contributed by atoms with Crippen LogP contribution in [-0.4, -0.2) is 44.2 Å². The zero-order valence-electron chi connectivity index (χ0n) is 10.8. The molecule has 0 amide bonds. The Balaban J connectivity index is 0.00000133. The number of fused-ring (bicyclic) bond motifs is 1. The second kappa shape index (κ2) is 6.55. The zero-order valence-corrected chi connectivity index (χ0v) is 11.7. The molecule has 1 N–H and O–H groups in total. The van der Waals surface area contributed by atoms with Crippen LogP contribution in [0.3, 0.4) is 0 Å². The molecule has 1 aromatic carbocycles. The monoisotopic (exact) mass is 286 g/mol. The van der Waals surface area contributed by atoms with Gasteiger partial charge >= 0.3 is 0 Å². The third-order valence-corrected chi connectivity index (χ3v) is 3.97. The van der Waals surface area contributed by atoms with E-state index in [0.717, 1.165) is 44.6 Å². The van der Waals surface area contributed by atoms with E-state index < -0.39 is 0 Å². The number of hydrogen-bond acceptors (Lipinski definition) is 3. The Morgan fingerprint density at radius 1 is 1.21 bits per heavy atom. The fourth-order valence-electron chi connectivity index (χ4n) is 2.98. The zero-order chi connectivity index (χ0) is 12.4. The minimum Gasteiger partial charge on any atom is -0.489 e. The van der Waals surface area contributed by atoms with Gasteiger partial charge in [0.2, 0.25) is 0 Å². The summed E-state index contributed by atoms with van der Waals surface area (Å²) in [5.74, 6) is 1.69. The summed E-state index contributed by atoms with van der Waals surface area (Å²) in [6.07, 6.45) is 0. The fraction of sp³-hybridized carbons (Fsp3) is 0.571. The van der Waals surface area contributed by atoms with E-state index in [9.17, 15) is 4.39 Å². The quantitative estimate of drug-likeness (QED) is 0.913. The normalized spacial score (nSPS) is 25.9. The molecule has 0 radical (unpaired) electrons. The van der Waals surface area contributed by atoms with E-state index in [4.69, 9.17) is 4.74 Å². The van der Waals surface area contributed by atoms with Crippen molar-refractivity contribution < 1.29 is 9.13 Å². The third kappa shape index (κ3) is 3.38. The Morgan fingerprint density at radius 3 is 2.58 bits per heavy atom. The Kier molecular flexibility index (Phi) is 5.02. The van der Waals surface area contributed by atoms with Gasteiger partial charge in [-0.25, -0.2) is 4.39 Å². The Hall–Kier alpha value is -0.840. The molecule has 106 valence electrons. The lowest BCUT2D eigenvalue weighted by molar-refractivity contribution is 0.222. The number of benzene rings is 1. The van der Waals surface area contributed by atoms with E-state index in [1.807, 2.05) is 0 Å². The molecular weight excluding hydrogens is 267 g/mol. The number of hydrogen-bond donors (Lipinski definition) is 1. The van der Waals surface area contributed by atoms with E-state index in [2.05, 4.69) is 10.2 Å². The van der Waals surface area contributed by atoms with E-state index in [1.54, 1.807) is 18.2 Å². The number of nitrogens with one attached hydrogen (secondary N) is 1. The lowest BCUT2D eigenvalue weighted by Gasteiger charge is -2.17. The van der Waals surface area contributed by atoms with Crippen molar-refractivity contribution in [3.8, 4) is 5.75 Å². The maximum atomic E-state index is 13.3. The van der Waals surface area contributed by atoms with Crippen molar-refractivity contribution in [3.63, 3.8) is 0 Å². The fourth-order valence-corrected chi connectivity index (χ4v) is 2.98. The van der Waals surface area contributed by atoms with Crippen molar-refractivity contribution in [2.45, 2.75) is 0 Å². The summed E-state index contributed by atoms with van der Waals surface area (Å²) in [7, 11) is 0. The van der Waals surface area contributed by atoms with Gasteiger partial charge in [0.25, 0.3) is 0 Å². The smallest absolute Gasteiger partial charge is 0.165 e. The number of para-hydroxylation sites is 1. The molecule has 2 atom stereocenters. The molecule has 2 heterocycles. The summed E-state index contributed by atoms with van der Waals surface area (Å²) >= 11 is 0. The molecule has 3 rings (SSSR count). The average molecular weight is 287 g/mol. The summed E-state index contributed by atoms with van der Waals surface area (Å²) in [5, 5.41) is 3.43. The van der Waals surface area contributed by atoms with Crippen molar-refractivity contribution in [3.05, 3.63) is 30.1 Å². The summed E-state index contributed by atoms with van der Waals surface area (Å²) in [4.78, 5) is 2.43. The molecule has 3 nitrogen and oxygen atoms in total. The summed E-state index contributed by atoms with van der Waals surface area (Å²) < 4.78 is 18.8. The molecular formula is C14H20ClFN2O. The first-order valence-corrected chi connectivity index (χ1v) is 6.63. The number of nitrogens with zero attached hydrogens (tertiary/aromatic N) is 1. The van der Waals surface area contributed by atoms with Gasteiger partial charge in [0.05, 0.1) is 0 Å². The molecule has 2 aliphatic rings. The van der Waals surface area contributed by atoms with Crippen LogP contribution in [0.25, 0.3) is 0 Å². The molecule has 0 bridgehead atoms. The van der Waals surface area contributed by atoms with Crippen LogP contribution < -0.4 is 10.1 Å². The standard InChI is InChI=1S/C14H19FN2O.ClH/c15-13-3-1-2-4-14(13)18-6-5-17-9-11-7-16-8-12(11)10-17;/h1-4,11-12,16H,5-10H2;1H/t11-,12+;. The maximum absolute atomic E-state index is 13.3. The van der Waals surface area contributed by atoms with Crippen LogP contribution in [0.15, 0.2) is 24.3 Å². The molecule has 2 fully saturated rings. The Labute approximate surface area is 119 Å². The van der Waals surface area contributed by atoms with Crippen molar-refractivity contribution in [1.29, 1.82) is 0 Å². The van der Waals surface area contributed by atoms with Crippen LogP contribution in [0, 0.1) is 17.7 Å². The van der Waals surface area contributed by atoms with Crippen molar-refractivity contribution in [1.82, 2.24) is 10.2 Å². The van der Waals surface area contributed by atoms with E-state index >= 15 is 0 Å². The number of rotatable bonds is 4. The van der Waals surface area contributed by atoms with Gasteiger partial charge in [-0.2, -0.15) is 0 Å². The predicted molar refractivity (Wildman–Crippen MR) is 75.4 cm³/mol. The minimum atomic E-state index is -0.278. The molecule has 5 heteroatoms. The second-order valence-electron chi connectivity index (χ2n) is 5.22. The average Bonchev–Trinajstić information content (AvgIpc) is 2.92. The van der Waals surface area contributed by atoms with Crippen LogP contribution in [-0.2, 0) is 0 Å². The van der Waals surface area contributed by atoms with Crippen LogP contribution in [0.1, 0.15) is 0 Å². The predicted octanol–water partition coefficient (Wildman–Crippen LogP) is 1.78. The Bertz CT molecular complexity index is 406. The summed E-state index contributed by atoms with van der Waals surface area (Å²) in [6.45, 7) is 6.05. The SMILES string of the molecule is Cl.Fc1ccccc1OCCN1C[C@H]2CNC[C@H]2C1. The van der Waals surface area contributed by atoms with Gasteiger partial charge in [-0.15, -0.1) is 12.4 Å². The molecule has 0 spiro atoms. The topological polar surface area (TPSA) is 24.5 Å². The molecule has 0 saturated carbocycles. The van der Waals surface area contributed by atoms with Crippen LogP contribution in [0.2, 0.25) is 0 Å². The van der Waals surface area contributed by atoms with Crippen molar-refractivity contribution in [2.75, 3.05) is 39.3 Å². The molecule has 0 unspecified atom stereocenters. The van der Waals surface area contributed by atoms with Gasteiger partial charge in [-0.1, -0.05) is 12.1 Å².